The number of hydrogen-bond acceptors (Lipinski definition) is 3. The first-order valence-corrected chi connectivity index (χ1v) is 10.3. The fourth-order valence-corrected chi connectivity index (χ4v) is 4.49. The standard InChI is InChI=1S/C22H34N2O3/c1-5-19(24(6-2)15-10-8-7-9-11-16-24)21(25)23-20-17(3)13-12-14-18(20)22(26)27-4/h12-14,19H,5-11,15-16H2,1-4H3/p+1. The molecular formula is C22H35N2O3+. The smallest absolute Gasteiger partial charge is 0.339 e. The molecule has 0 aliphatic carbocycles. The number of para-hydroxylation sites is 1. The summed E-state index contributed by atoms with van der Waals surface area (Å²) >= 11 is 0. The van der Waals surface area contributed by atoms with Crippen LogP contribution in [0.2, 0.25) is 0 Å². The minimum absolute atomic E-state index is 0.0133. The van der Waals surface area contributed by atoms with Gasteiger partial charge in [-0.2, -0.15) is 0 Å². The third-order valence-electron chi connectivity index (χ3n) is 6.11. The highest BCUT2D eigenvalue weighted by Crippen LogP contribution is 2.27. The molecule has 0 spiro atoms. The Morgan fingerprint density at radius 1 is 1.11 bits per heavy atom. The van der Waals surface area contributed by atoms with Gasteiger partial charge < -0.3 is 14.5 Å². The Labute approximate surface area is 163 Å². The van der Waals surface area contributed by atoms with Crippen LogP contribution in [0.4, 0.5) is 5.69 Å². The molecule has 1 atom stereocenters. The number of likely N-dealkylation sites (tertiary alicyclic amines) is 1. The first kappa shape index (κ1) is 21.4. The number of ether oxygens (including phenoxy) is 1. The Morgan fingerprint density at radius 3 is 2.30 bits per heavy atom. The van der Waals surface area contributed by atoms with Crippen LogP contribution in [-0.4, -0.2) is 49.1 Å². The van der Waals surface area contributed by atoms with Gasteiger partial charge in [0.05, 0.1) is 38.0 Å². The molecule has 1 aliphatic heterocycles. The van der Waals surface area contributed by atoms with Gasteiger partial charge in [-0.15, -0.1) is 0 Å². The first-order chi connectivity index (χ1) is 13.0. The van der Waals surface area contributed by atoms with E-state index in [1.165, 1.54) is 39.2 Å². The van der Waals surface area contributed by atoms with E-state index >= 15 is 0 Å². The van der Waals surface area contributed by atoms with Gasteiger partial charge in [-0.3, -0.25) is 4.79 Å². The molecule has 27 heavy (non-hydrogen) atoms. The number of nitrogens with one attached hydrogen (secondary N) is 1. The highest BCUT2D eigenvalue weighted by molar-refractivity contribution is 6.03. The topological polar surface area (TPSA) is 55.4 Å². The second-order valence-electron chi connectivity index (χ2n) is 7.65. The van der Waals surface area contributed by atoms with Gasteiger partial charge in [0.1, 0.15) is 0 Å². The Kier molecular flexibility index (Phi) is 7.84. The zero-order chi connectivity index (χ0) is 19.9. The number of esters is 1. The number of nitrogens with zero attached hydrogens (tertiary/aromatic N) is 1. The summed E-state index contributed by atoms with van der Waals surface area (Å²) in [5.41, 5.74) is 1.86. The van der Waals surface area contributed by atoms with E-state index in [0.29, 0.717) is 11.3 Å². The van der Waals surface area contributed by atoms with E-state index in [2.05, 4.69) is 19.2 Å². The number of aryl methyl sites for hydroxylation is 1. The van der Waals surface area contributed by atoms with Crippen LogP contribution in [0.25, 0.3) is 0 Å². The fourth-order valence-electron chi connectivity index (χ4n) is 4.49. The van der Waals surface area contributed by atoms with Crippen molar-refractivity contribution in [2.45, 2.75) is 65.3 Å². The maximum Gasteiger partial charge on any atom is 0.339 e. The Bertz CT molecular complexity index is 649. The molecule has 0 radical (unpaired) electrons. The number of amides is 1. The normalized spacial score (nSPS) is 18.1. The molecule has 150 valence electrons. The minimum Gasteiger partial charge on any atom is -0.465 e. The molecule has 5 nitrogen and oxygen atoms in total. The van der Waals surface area contributed by atoms with Crippen LogP contribution >= 0.6 is 0 Å². The van der Waals surface area contributed by atoms with Gasteiger partial charge in [0.2, 0.25) is 0 Å². The van der Waals surface area contributed by atoms with Crippen LogP contribution in [0.3, 0.4) is 0 Å². The summed E-state index contributed by atoms with van der Waals surface area (Å²) in [5.74, 6) is -0.410. The van der Waals surface area contributed by atoms with Gasteiger partial charge in [-0.05, 0) is 51.2 Å². The monoisotopic (exact) mass is 375 g/mol. The van der Waals surface area contributed by atoms with Crippen LogP contribution in [0.15, 0.2) is 18.2 Å². The molecule has 1 fully saturated rings. The lowest BCUT2D eigenvalue weighted by atomic mass is 10.00. The van der Waals surface area contributed by atoms with E-state index < -0.39 is 5.97 Å². The summed E-state index contributed by atoms with van der Waals surface area (Å²) in [6.45, 7) is 9.27. The summed E-state index contributed by atoms with van der Waals surface area (Å²) < 4.78 is 5.74. The molecule has 1 saturated heterocycles. The lowest BCUT2D eigenvalue weighted by Gasteiger charge is -2.44. The predicted molar refractivity (Wildman–Crippen MR) is 109 cm³/mol. The van der Waals surface area contributed by atoms with E-state index in [1.807, 2.05) is 19.1 Å². The highest BCUT2D eigenvalue weighted by atomic mass is 16.5. The van der Waals surface area contributed by atoms with E-state index in [9.17, 15) is 9.59 Å². The van der Waals surface area contributed by atoms with E-state index in [1.54, 1.807) is 6.07 Å². The third-order valence-corrected chi connectivity index (χ3v) is 6.11. The number of hydrogen-bond donors (Lipinski definition) is 1. The van der Waals surface area contributed by atoms with Gasteiger partial charge in [0, 0.05) is 6.42 Å². The number of carbonyl (C=O) groups excluding carboxylic acids is 2. The van der Waals surface area contributed by atoms with Crippen LogP contribution in [0.5, 0.6) is 0 Å². The van der Waals surface area contributed by atoms with Crippen molar-refractivity contribution in [3.8, 4) is 0 Å². The molecule has 5 heteroatoms. The second-order valence-corrected chi connectivity index (χ2v) is 7.65. The average Bonchev–Trinajstić information content (AvgIpc) is 2.65. The molecule has 1 aliphatic rings. The number of rotatable bonds is 6. The van der Waals surface area contributed by atoms with Crippen molar-refractivity contribution in [1.29, 1.82) is 0 Å². The molecule has 1 heterocycles. The minimum atomic E-state index is -0.423. The number of carbonyl (C=O) groups is 2. The van der Waals surface area contributed by atoms with Gasteiger partial charge in [-0.1, -0.05) is 25.5 Å². The Hall–Kier alpha value is -1.88. The summed E-state index contributed by atoms with van der Waals surface area (Å²) in [7, 11) is 1.36. The van der Waals surface area contributed by atoms with E-state index in [4.69, 9.17) is 4.74 Å². The Balaban J connectivity index is 2.30. The van der Waals surface area contributed by atoms with Crippen molar-refractivity contribution in [2.75, 3.05) is 32.1 Å². The quantitative estimate of drug-likeness (QED) is 0.596. The maximum atomic E-state index is 13.3. The molecule has 2 rings (SSSR count). The number of quaternary nitrogens is 1. The van der Waals surface area contributed by atoms with Crippen LogP contribution in [0.1, 0.15) is 68.3 Å². The van der Waals surface area contributed by atoms with Crippen LogP contribution in [-0.2, 0) is 9.53 Å². The predicted octanol–water partition coefficient (Wildman–Crippen LogP) is 4.30. The number of benzene rings is 1. The zero-order valence-corrected chi connectivity index (χ0v) is 17.3. The van der Waals surface area contributed by atoms with Crippen LogP contribution < -0.4 is 5.32 Å². The zero-order valence-electron chi connectivity index (χ0n) is 17.3. The summed E-state index contributed by atoms with van der Waals surface area (Å²) in [6, 6.07) is 5.32. The van der Waals surface area contributed by atoms with Crippen molar-refractivity contribution < 1.29 is 18.8 Å². The first-order valence-electron chi connectivity index (χ1n) is 10.3. The van der Waals surface area contributed by atoms with E-state index in [-0.39, 0.29) is 11.9 Å². The molecular weight excluding hydrogens is 340 g/mol. The van der Waals surface area contributed by atoms with Gasteiger partial charge >= 0.3 is 5.97 Å². The van der Waals surface area contributed by atoms with Crippen molar-refractivity contribution in [1.82, 2.24) is 0 Å². The van der Waals surface area contributed by atoms with Gasteiger partial charge in [-0.25, -0.2) is 4.79 Å². The third kappa shape index (κ3) is 4.89. The number of anilines is 1. The second kappa shape index (κ2) is 9.88. The summed E-state index contributed by atoms with van der Waals surface area (Å²) in [4.78, 5) is 25.5. The van der Waals surface area contributed by atoms with E-state index in [0.717, 1.165) is 36.1 Å². The SMILES string of the molecule is CCC(C(=O)Nc1c(C)cccc1C(=O)OC)[N+]1(CC)CCCCCCC1. The lowest BCUT2D eigenvalue weighted by Crippen LogP contribution is -2.60. The summed E-state index contributed by atoms with van der Waals surface area (Å²) in [6.07, 6.45) is 6.95. The molecule has 0 bridgehead atoms. The molecule has 1 aromatic carbocycles. The highest BCUT2D eigenvalue weighted by Gasteiger charge is 2.39. The van der Waals surface area contributed by atoms with Crippen molar-refractivity contribution in [2.24, 2.45) is 0 Å². The maximum absolute atomic E-state index is 13.3. The molecule has 0 aromatic heterocycles. The molecule has 1 N–H and O–H groups in total. The lowest BCUT2D eigenvalue weighted by molar-refractivity contribution is -0.942. The largest absolute Gasteiger partial charge is 0.465 e. The fraction of sp³-hybridized carbons (Fsp3) is 0.636. The molecule has 1 aromatic rings. The van der Waals surface area contributed by atoms with Crippen LogP contribution in [0, 0.1) is 6.92 Å². The van der Waals surface area contributed by atoms with Crippen molar-refractivity contribution >= 4 is 17.6 Å². The van der Waals surface area contributed by atoms with Gasteiger partial charge in [0.25, 0.3) is 5.91 Å². The average molecular weight is 376 g/mol. The number of methoxy groups -OCH3 is 1. The molecule has 1 amide bonds. The number of likely N-dealkylation sites (N-methyl/N-ethyl adjacent to an activating group) is 1. The molecule has 1 unspecified atom stereocenters. The Morgan fingerprint density at radius 2 is 1.74 bits per heavy atom. The summed E-state index contributed by atoms with van der Waals surface area (Å²) in [5, 5.41) is 3.08. The van der Waals surface area contributed by atoms with Gasteiger partial charge in [0.15, 0.2) is 6.04 Å². The molecule has 0 saturated carbocycles. The van der Waals surface area contributed by atoms with Crippen molar-refractivity contribution in [3.05, 3.63) is 29.3 Å². The van der Waals surface area contributed by atoms with Crippen molar-refractivity contribution in [3.63, 3.8) is 0 Å².